The van der Waals surface area contributed by atoms with Crippen molar-refractivity contribution >= 4 is 28.3 Å². The fraction of sp³-hybridized carbons (Fsp3) is 0.625. The summed E-state index contributed by atoms with van der Waals surface area (Å²) < 4.78 is 6.67. The summed E-state index contributed by atoms with van der Waals surface area (Å²) in [5, 5.41) is 0. The van der Waals surface area contributed by atoms with Crippen LogP contribution in [0.3, 0.4) is 0 Å². The maximum Gasteiger partial charge on any atom is 0.0480 e. The fourth-order valence-electron chi connectivity index (χ4n) is 4.08. The number of nitrogens with zero attached hydrogens (tertiary/aromatic N) is 1. The van der Waals surface area contributed by atoms with Crippen LogP contribution in [0.15, 0.2) is 28.7 Å². The highest BCUT2D eigenvalue weighted by Crippen LogP contribution is 2.59. The first-order valence-corrected chi connectivity index (χ1v) is 8.15. The molecule has 0 N–H and O–H groups in total. The lowest BCUT2D eigenvalue weighted by Gasteiger charge is -2.33. The molecule has 110 valence electrons. The van der Waals surface area contributed by atoms with Gasteiger partial charge in [-0.15, -0.1) is 12.4 Å². The van der Waals surface area contributed by atoms with Crippen molar-refractivity contribution in [3.8, 4) is 0 Å². The van der Waals surface area contributed by atoms with E-state index in [2.05, 4.69) is 45.1 Å². The van der Waals surface area contributed by atoms with Gasteiger partial charge in [-0.25, -0.2) is 0 Å². The summed E-state index contributed by atoms with van der Waals surface area (Å²) in [7, 11) is 0. The molecule has 3 fully saturated rings. The minimum Gasteiger partial charge on any atom is -0.381 e. The number of halogens is 2. The molecule has 2 saturated heterocycles. The van der Waals surface area contributed by atoms with Crippen LogP contribution >= 0.6 is 28.3 Å². The molecule has 0 amide bonds. The van der Waals surface area contributed by atoms with Gasteiger partial charge in [0.15, 0.2) is 0 Å². The zero-order chi connectivity index (χ0) is 12.9. The molecule has 0 bridgehead atoms. The number of benzene rings is 1. The standard InChI is InChI=1S/C16H20BrNO.ClH/c17-14-3-1-12(2-4-14)16-9-13(16)10-18(11-16)15-5-7-19-8-6-15;/h1-4,13,15H,5-11H2;1H/t13?,16-;/m0./s1. The van der Waals surface area contributed by atoms with Crippen molar-refractivity contribution in [1.29, 1.82) is 0 Å². The zero-order valence-corrected chi connectivity index (χ0v) is 14.0. The van der Waals surface area contributed by atoms with Gasteiger partial charge in [-0.2, -0.15) is 0 Å². The Morgan fingerprint density at radius 3 is 2.55 bits per heavy atom. The Bertz CT molecular complexity index is 474. The van der Waals surface area contributed by atoms with Crippen molar-refractivity contribution < 1.29 is 4.74 Å². The molecule has 2 heterocycles. The van der Waals surface area contributed by atoms with Crippen LogP contribution in [0, 0.1) is 5.92 Å². The number of piperidine rings is 1. The van der Waals surface area contributed by atoms with Gasteiger partial charge in [0.05, 0.1) is 0 Å². The Balaban J connectivity index is 0.00000121. The van der Waals surface area contributed by atoms with Gasteiger partial charge in [-0.1, -0.05) is 28.1 Å². The van der Waals surface area contributed by atoms with Crippen LogP contribution in [0.4, 0.5) is 0 Å². The molecule has 1 unspecified atom stereocenters. The third-order valence-electron chi connectivity index (χ3n) is 5.30. The van der Waals surface area contributed by atoms with E-state index in [1.165, 1.54) is 36.8 Å². The first kappa shape index (κ1) is 14.8. The van der Waals surface area contributed by atoms with Gasteiger partial charge in [0.1, 0.15) is 0 Å². The highest BCUT2D eigenvalue weighted by Gasteiger charge is 2.61. The second-order valence-electron chi connectivity index (χ2n) is 6.34. The van der Waals surface area contributed by atoms with Gasteiger partial charge in [-0.3, -0.25) is 4.90 Å². The second kappa shape index (κ2) is 5.60. The molecule has 4 rings (SSSR count). The van der Waals surface area contributed by atoms with Crippen LogP contribution in [0.1, 0.15) is 24.8 Å². The van der Waals surface area contributed by atoms with Crippen LogP contribution < -0.4 is 0 Å². The van der Waals surface area contributed by atoms with E-state index in [1.54, 1.807) is 5.56 Å². The fourth-order valence-corrected chi connectivity index (χ4v) is 4.34. The van der Waals surface area contributed by atoms with Crippen LogP contribution in [0.2, 0.25) is 0 Å². The first-order chi connectivity index (χ1) is 9.28. The van der Waals surface area contributed by atoms with Crippen LogP contribution in [0.5, 0.6) is 0 Å². The zero-order valence-electron chi connectivity index (χ0n) is 11.6. The third kappa shape index (κ3) is 2.43. The monoisotopic (exact) mass is 357 g/mol. The normalized spacial score (nSPS) is 33.5. The Kier molecular flexibility index (Phi) is 4.15. The lowest BCUT2D eigenvalue weighted by Crippen LogP contribution is -2.40. The quantitative estimate of drug-likeness (QED) is 0.800. The summed E-state index contributed by atoms with van der Waals surface area (Å²) in [5.74, 6) is 0.900. The Morgan fingerprint density at radius 2 is 1.85 bits per heavy atom. The van der Waals surface area contributed by atoms with E-state index in [0.29, 0.717) is 5.41 Å². The number of rotatable bonds is 2. The maximum atomic E-state index is 5.49. The molecular formula is C16H21BrClNO. The second-order valence-corrected chi connectivity index (χ2v) is 7.25. The van der Waals surface area contributed by atoms with Gasteiger partial charge >= 0.3 is 0 Å². The van der Waals surface area contributed by atoms with Crippen LogP contribution in [-0.4, -0.2) is 37.2 Å². The van der Waals surface area contributed by atoms with Gasteiger partial charge < -0.3 is 4.74 Å². The molecule has 4 heteroatoms. The summed E-state index contributed by atoms with van der Waals surface area (Å²) in [6, 6.07) is 9.79. The Labute approximate surface area is 135 Å². The number of hydrogen-bond donors (Lipinski definition) is 0. The van der Waals surface area contributed by atoms with E-state index in [9.17, 15) is 0 Å². The molecule has 2 atom stereocenters. The lowest BCUT2D eigenvalue weighted by atomic mass is 9.95. The molecule has 1 aliphatic carbocycles. The smallest absolute Gasteiger partial charge is 0.0480 e. The molecule has 0 spiro atoms. The lowest BCUT2D eigenvalue weighted by molar-refractivity contribution is 0.0378. The number of likely N-dealkylation sites (tertiary alicyclic amines) is 1. The Hall–Kier alpha value is -0.0900. The van der Waals surface area contributed by atoms with E-state index >= 15 is 0 Å². The summed E-state index contributed by atoms with van der Waals surface area (Å²) in [6.07, 6.45) is 3.85. The average Bonchev–Trinajstić information content (AvgIpc) is 3.03. The molecule has 0 radical (unpaired) electrons. The van der Waals surface area contributed by atoms with E-state index < -0.39 is 0 Å². The van der Waals surface area contributed by atoms with Gasteiger partial charge in [0, 0.05) is 42.2 Å². The highest BCUT2D eigenvalue weighted by atomic mass is 79.9. The number of ether oxygens (including phenoxy) is 1. The van der Waals surface area contributed by atoms with Crippen molar-refractivity contribution in [3.05, 3.63) is 34.3 Å². The van der Waals surface area contributed by atoms with E-state index in [0.717, 1.165) is 25.2 Å². The molecule has 0 aromatic heterocycles. The van der Waals surface area contributed by atoms with Crippen molar-refractivity contribution in [2.24, 2.45) is 5.92 Å². The van der Waals surface area contributed by atoms with Gasteiger partial charge in [-0.05, 0) is 42.9 Å². The van der Waals surface area contributed by atoms with E-state index in [-0.39, 0.29) is 12.4 Å². The van der Waals surface area contributed by atoms with Crippen molar-refractivity contribution in [3.63, 3.8) is 0 Å². The Morgan fingerprint density at radius 1 is 1.15 bits per heavy atom. The molecular weight excluding hydrogens is 338 g/mol. The van der Waals surface area contributed by atoms with Gasteiger partial charge in [0.2, 0.25) is 0 Å². The van der Waals surface area contributed by atoms with Crippen molar-refractivity contribution in [2.45, 2.75) is 30.7 Å². The minimum atomic E-state index is 0. The maximum absolute atomic E-state index is 5.49. The van der Waals surface area contributed by atoms with Crippen molar-refractivity contribution in [1.82, 2.24) is 4.90 Å². The molecule has 3 aliphatic rings. The van der Waals surface area contributed by atoms with Gasteiger partial charge in [0.25, 0.3) is 0 Å². The summed E-state index contributed by atoms with van der Waals surface area (Å²) in [6.45, 7) is 4.49. The van der Waals surface area contributed by atoms with E-state index in [4.69, 9.17) is 4.74 Å². The van der Waals surface area contributed by atoms with Crippen molar-refractivity contribution in [2.75, 3.05) is 26.3 Å². The third-order valence-corrected chi connectivity index (χ3v) is 5.83. The number of fused-ring (bicyclic) bond motifs is 1. The van der Waals surface area contributed by atoms with Crippen LogP contribution in [-0.2, 0) is 10.2 Å². The predicted molar refractivity (Wildman–Crippen MR) is 86.6 cm³/mol. The summed E-state index contributed by atoms with van der Waals surface area (Å²) >= 11 is 3.54. The van der Waals surface area contributed by atoms with Crippen LogP contribution in [0.25, 0.3) is 0 Å². The topological polar surface area (TPSA) is 12.5 Å². The molecule has 2 nitrogen and oxygen atoms in total. The average molecular weight is 359 g/mol. The predicted octanol–water partition coefficient (Wildman–Crippen LogP) is 3.62. The molecule has 2 aliphatic heterocycles. The summed E-state index contributed by atoms with van der Waals surface area (Å²) in [5.41, 5.74) is 2.04. The molecule has 1 saturated carbocycles. The summed E-state index contributed by atoms with van der Waals surface area (Å²) in [4.78, 5) is 2.73. The first-order valence-electron chi connectivity index (χ1n) is 7.36. The van der Waals surface area contributed by atoms with E-state index in [1.807, 2.05) is 0 Å². The molecule has 1 aromatic carbocycles. The number of hydrogen-bond acceptors (Lipinski definition) is 2. The highest BCUT2D eigenvalue weighted by molar-refractivity contribution is 9.10. The largest absolute Gasteiger partial charge is 0.381 e. The SMILES string of the molecule is Brc1ccc([C@@]23CC2CN(C2CCOCC2)C3)cc1.Cl. The molecule has 20 heavy (non-hydrogen) atoms. The molecule has 1 aromatic rings. The minimum absolute atomic E-state index is 0.